The molecule has 0 aliphatic carbocycles. The molecule has 0 heterocycles. The van der Waals surface area contributed by atoms with Crippen molar-refractivity contribution in [2.75, 3.05) is 0 Å². The number of hydrogen-bond acceptors (Lipinski definition) is 6. The highest BCUT2D eigenvalue weighted by atomic mass is 16.7. The van der Waals surface area contributed by atoms with Gasteiger partial charge in [-0.05, 0) is 24.8 Å². The number of aliphatic hydroxyl groups excluding tert-OH is 1. The van der Waals surface area contributed by atoms with Crippen molar-refractivity contribution in [3.05, 3.63) is 35.9 Å². The van der Waals surface area contributed by atoms with Crippen molar-refractivity contribution < 1.29 is 24.3 Å². The van der Waals surface area contributed by atoms with Crippen LogP contribution in [0.1, 0.15) is 31.2 Å². The first kappa shape index (κ1) is 16.1. The van der Waals surface area contributed by atoms with E-state index in [1.807, 2.05) is 30.3 Å². The van der Waals surface area contributed by atoms with Crippen LogP contribution in [0.3, 0.4) is 0 Å². The molecule has 0 spiro atoms. The van der Waals surface area contributed by atoms with Crippen LogP contribution in [0.5, 0.6) is 0 Å². The van der Waals surface area contributed by atoms with E-state index in [1.54, 1.807) is 0 Å². The summed E-state index contributed by atoms with van der Waals surface area (Å²) >= 11 is 0. The average Bonchev–Trinajstić information content (AvgIpc) is 2.49. The molecule has 0 saturated heterocycles. The summed E-state index contributed by atoms with van der Waals surface area (Å²) in [7, 11) is 0. The number of benzene rings is 1. The summed E-state index contributed by atoms with van der Waals surface area (Å²) in [5, 5.41) is 9.26. The molecule has 6 nitrogen and oxygen atoms in total. The molecule has 0 aliphatic rings. The zero-order chi connectivity index (χ0) is 14.8. The summed E-state index contributed by atoms with van der Waals surface area (Å²) in [4.78, 5) is 26.2. The number of esters is 1. The molecule has 0 saturated carbocycles. The van der Waals surface area contributed by atoms with Crippen LogP contribution >= 0.6 is 0 Å². The normalized spacial score (nSPS) is 11.7. The number of carbonyl (C=O) groups excluding carboxylic acids is 2. The van der Waals surface area contributed by atoms with E-state index in [4.69, 9.17) is 4.74 Å². The molecule has 0 aromatic heterocycles. The predicted molar refractivity (Wildman–Crippen MR) is 71.0 cm³/mol. The second-order valence-corrected chi connectivity index (χ2v) is 4.34. The van der Waals surface area contributed by atoms with E-state index in [2.05, 4.69) is 10.7 Å². The molecular weight excluding hydrogens is 262 g/mol. The number of nitrogens with two attached hydrogens (primary N) is 1. The number of ether oxygens (including phenoxy) is 1. The van der Waals surface area contributed by atoms with Crippen LogP contribution in [0.2, 0.25) is 0 Å². The first-order chi connectivity index (χ1) is 9.63. The molecule has 6 heteroatoms. The van der Waals surface area contributed by atoms with E-state index in [0.29, 0.717) is 12.8 Å². The molecule has 0 bridgehead atoms. The van der Waals surface area contributed by atoms with Crippen molar-refractivity contribution in [1.29, 1.82) is 0 Å². The third-order valence-corrected chi connectivity index (χ3v) is 2.74. The van der Waals surface area contributed by atoms with E-state index in [0.717, 1.165) is 5.56 Å². The highest BCUT2D eigenvalue weighted by molar-refractivity contribution is 5.73. The van der Waals surface area contributed by atoms with Gasteiger partial charge in [0, 0.05) is 6.42 Å². The Balaban J connectivity index is 2.10. The van der Waals surface area contributed by atoms with Crippen LogP contribution in [0, 0.1) is 0 Å². The minimum Gasteiger partial charge on any atom is -0.461 e. The molecule has 0 fully saturated rings. The Morgan fingerprint density at radius 1 is 1.20 bits per heavy atom. The zero-order valence-electron chi connectivity index (χ0n) is 11.2. The van der Waals surface area contributed by atoms with Gasteiger partial charge < -0.3 is 14.7 Å². The summed E-state index contributed by atoms with van der Waals surface area (Å²) in [6.45, 7) is 0.252. The van der Waals surface area contributed by atoms with Crippen molar-refractivity contribution in [3.63, 3.8) is 0 Å². The molecular formula is C14H19NO5. The molecule has 1 aromatic carbocycles. The van der Waals surface area contributed by atoms with Crippen molar-refractivity contribution >= 4 is 11.9 Å². The minimum absolute atomic E-state index is 0.210. The number of hydrogen-bond donors (Lipinski definition) is 2. The Bertz CT molecular complexity index is 421. The third kappa shape index (κ3) is 6.31. The van der Waals surface area contributed by atoms with E-state index in [9.17, 15) is 14.7 Å². The lowest BCUT2D eigenvalue weighted by molar-refractivity contribution is -0.154. The predicted octanol–water partition coefficient (Wildman–Crippen LogP) is 1.07. The summed E-state index contributed by atoms with van der Waals surface area (Å²) in [6, 6.07) is 9.40. The van der Waals surface area contributed by atoms with E-state index >= 15 is 0 Å². The van der Waals surface area contributed by atoms with Gasteiger partial charge in [-0.15, -0.1) is 0 Å². The first-order valence-corrected chi connectivity index (χ1v) is 6.41. The van der Waals surface area contributed by atoms with Gasteiger partial charge in [0.25, 0.3) is 0 Å². The monoisotopic (exact) mass is 281 g/mol. The van der Waals surface area contributed by atoms with Crippen molar-refractivity contribution in [2.24, 2.45) is 5.90 Å². The van der Waals surface area contributed by atoms with Gasteiger partial charge in [-0.25, -0.2) is 4.79 Å². The summed E-state index contributed by atoms with van der Waals surface area (Å²) < 4.78 is 5.09. The molecule has 110 valence electrons. The largest absolute Gasteiger partial charge is 0.461 e. The minimum atomic E-state index is -1.24. The smallest absolute Gasteiger partial charge is 0.353 e. The molecule has 0 aliphatic heterocycles. The van der Waals surface area contributed by atoms with Gasteiger partial charge in [-0.1, -0.05) is 30.3 Å². The van der Waals surface area contributed by atoms with Gasteiger partial charge in [0.05, 0.1) is 0 Å². The molecule has 1 aromatic rings. The molecule has 1 atom stereocenters. The average molecular weight is 281 g/mol. The second kappa shape index (κ2) is 9.06. The van der Waals surface area contributed by atoms with E-state index < -0.39 is 12.1 Å². The third-order valence-electron chi connectivity index (χ3n) is 2.74. The van der Waals surface area contributed by atoms with Crippen LogP contribution in [-0.2, 0) is 25.8 Å². The van der Waals surface area contributed by atoms with Crippen molar-refractivity contribution in [2.45, 2.75) is 38.4 Å². The second-order valence-electron chi connectivity index (χ2n) is 4.34. The maximum absolute atomic E-state index is 11.5. The topological polar surface area (TPSA) is 98.9 Å². The van der Waals surface area contributed by atoms with Gasteiger partial charge >= 0.3 is 11.9 Å². The molecule has 1 rings (SSSR count). The van der Waals surface area contributed by atoms with Crippen molar-refractivity contribution in [3.8, 4) is 0 Å². The van der Waals surface area contributed by atoms with Crippen molar-refractivity contribution in [1.82, 2.24) is 0 Å². The lowest BCUT2D eigenvalue weighted by Gasteiger charge is -2.07. The standard InChI is InChI=1S/C14H19NO5/c15-20-14(18)12(16)8-4-5-9-13(17)19-10-11-6-2-1-3-7-11/h1-3,6-7,12,16H,4-5,8-10,15H2. The Kier molecular flexibility index (Phi) is 7.31. The summed E-state index contributed by atoms with van der Waals surface area (Å²) in [5.74, 6) is 3.47. The van der Waals surface area contributed by atoms with Gasteiger partial charge in [0.15, 0.2) is 6.10 Å². The van der Waals surface area contributed by atoms with Crippen LogP contribution in [0.25, 0.3) is 0 Å². The van der Waals surface area contributed by atoms with Crippen LogP contribution in [0.15, 0.2) is 30.3 Å². The van der Waals surface area contributed by atoms with Crippen LogP contribution in [-0.4, -0.2) is 23.1 Å². The fourth-order valence-electron chi connectivity index (χ4n) is 1.61. The number of aliphatic hydroxyl groups is 1. The first-order valence-electron chi connectivity index (χ1n) is 6.41. The van der Waals surface area contributed by atoms with Gasteiger partial charge in [-0.2, -0.15) is 5.90 Å². The van der Waals surface area contributed by atoms with Crippen LogP contribution < -0.4 is 5.90 Å². The van der Waals surface area contributed by atoms with Crippen LogP contribution in [0.4, 0.5) is 0 Å². The fraction of sp³-hybridized carbons (Fsp3) is 0.429. The lowest BCUT2D eigenvalue weighted by atomic mass is 10.1. The molecule has 0 amide bonds. The maximum atomic E-state index is 11.5. The van der Waals surface area contributed by atoms with Gasteiger partial charge in [0.1, 0.15) is 6.61 Å². The fourth-order valence-corrected chi connectivity index (χ4v) is 1.61. The SMILES string of the molecule is NOC(=O)C(O)CCCCC(=O)OCc1ccccc1. The Labute approximate surface area is 117 Å². The molecule has 1 unspecified atom stereocenters. The highest BCUT2D eigenvalue weighted by Crippen LogP contribution is 2.07. The number of carbonyl (C=O) groups is 2. The summed E-state index contributed by atoms with van der Waals surface area (Å²) in [5.41, 5.74) is 0.932. The number of rotatable bonds is 8. The van der Waals surface area contributed by atoms with Gasteiger partial charge in [-0.3, -0.25) is 4.79 Å². The van der Waals surface area contributed by atoms with E-state index in [1.165, 1.54) is 0 Å². The number of unbranched alkanes of at least 4 members (excludes halogenated alkanes) is 1. The molecule has 3 N–H and O–H groups in total. The Morgan fingerprint density at radius 2 is 1.90 bits per heavy atom. The quantitative estimate of drug-likeness (QED) is 0.420. The molecule has 0 radical (unpaired) electrons. The maximum Gasteiger partial charge on any atom is 0.353 e. The zero-order valence-corrected chi connectivity index (χ0v) is 11.2. The lowest BCUT2D eigenvalue weighted by Crippen LogP contribution is -2.25. The Hall–Kier alpha value is -1.92. The van der Waals surface area contributed by atoms with E-state index in [-0.39, 0.29) is 25.4 Å². The van der Waals surface area contributed by atoms with Gasteiger partial charge in [0.2, 0.25) is 0 Å². The summed E-state index contributed by atoms with van der Waals surface area (Å²) in [6.07, 6.45) is 0.263. The molecule has 20 heavy (non-hydrogen) atoms. The highest BCUT2D eigenvalue weighted by Gasteiger charge is 2.15. The Morgan fingerprint density at radius 3 is 2.55 bits per heavy atom.